The highest BCUT2D eigenvalue weighted by molar-refractivity contribution is 8.20. The molecule has 1 fully saturated rings. The van der Waals surface area contributed by atoms with E-state index in [-0.39, 0.29) is 9.19 Å². The fourth-order valence-corrected chi connectivity index (χ4v) is 8.09. The van der Waals surface area contributed by atoms with Gasteiger partial charge in [-0.2, -0.15) is 0 Å². The van der Waals surface area contributed by atoms with Gasteiger partial charge in [0, 0.05) is 40.8 Å². The topological polar surface area (TPSA) is 56.2 Å². The van der Waals surface area contributed by atoms with Gasteiger partial charge in [0.25, 0.3) is 10.3 Å². The molecular formula is C19H17NO3S3. The van der Waals surface area contributed by atoms with Crippen molar-refractivity contribution >= 4 is 51.5 Å². The summed E-state index contributed by atoms with van der Waals surface area (Å²) in [5.74, 6) is 3.78. The molecule has 1 aliphatic carbocycles. The zero-order valence-corrected chi connectivity index (χ0v) is 16.7. The van der Waals surface area contributed by atoms with E-state index in [0.717, 1.165) is 59.4 Å². The largest absolute Gasteiger partial charge is 0.456 e. The Kier molecular flexibility index (Phi) is 4.14. The average Bonchev–Trinajstić information content (AvgIpc) is 3.33. The normalized spacial score (nSPS) is 18.5. The zero-order valence-electron chi connectivity index (χ0n) is 14.2. The van der Waals surface area contributed by atoms with Crippen molar-refractivity contribution in [1.82, 2.24) is 4.98 Å². The molecule has 0 radical (unpaired) electrons. The second-order valence-corrected chi connectivity index (χ2v) is 10.5. The first-order chi connectivity index (χ1) is 12.7. The van der Waals surface area contributed by atoms with Crippen LogP contribution in [-0.2, 0) is 10.5 Å². The van der Waals surface area contributed by atoms with Crippen LogP contribution in [0.4, 0.5) is 0 Å². The molecule has 0 amide bonds. The van der Waals surface area contributed by atoms with Crippen LogP contribution in [0.15, 0.2) is 38.3 Å². The van der Waals surface area contributed by atoms with Crippen LogP contribution < -0.4 is 0 Å². The lowest BCUT2D eigenvalue weighted by Gasteiger charge is -2.31. The van der Waals surface area contributed by atoms with Crippen LogP contribution in [0.2, 0.25) is 0 Å². The standard InChI is InChI=1S/C19H17NO3S3/c1-11-15-14(7-4-8-19(15)24-9-10-25-19)22-16(11)17(21)26-18-20-12-5-2-3-6-13(12)23-18/h2-3,5-6H,4,7-10H2,1H3. The van der Waals surface area contributed by atoms with E-state index < -0.39 is 0 Å². The minimum atomic E-state index is -0.133. The van der Waals surface area contributed by atoms with E-state index in [9.17, 15) is 4.79 Å². The summed E-state index contributed by atoms with van der Waals surface area (Å²) in [4.78, 5) is 17.3. The van der Waals surface area contributed by atoms with Crippen molar-refractivity contribution < 1.29 is 13.6 Å². The average molecular weight is 404 g/mol. The van der Waals surface area contributed by atoms with Gasteiger partial charge in [-0.15, -0.1) is 23.5 Å². The van der Waals surface area contributed by atoms with Gasteiger partial charge in [0.2, 0.25) is 0 Å². The molecule has 1 aliphatic heterocycles. The number of hydrogen-bond donors (Lipinski definition) is 0. The molecule has 3 heterocycles. The van der Waals surface area contributed by atoms with E-state index in [2.05, 4.69) is 4.98 Å². The Balaban J connectivity index is 1.48. The molecule has 2 aromatic heterocycles. The van der Waals surface area contributed by atoms with Gasteiger partial charge in [0.15, 0.2) is 11.3 Å². The van der Waals surface area contributed by atoms with E-state index in [1.54, 1.807) is 0 Å². The third kappa shape index (κ3) is 2.63. The highest BCUT2D eigenvalue weighted by Gasteiger charge is 2.45. The van der Waals surface area contributed by atoms with Crippen molar-refractivity contribution in [3.8, 4) is 0 Å². The first-order valence-corrected chi connectivity index (χ1v) is 11.4. The third-order valence-corrected chi connectivity index (χ3v) is 9.15. The van der Waals surface area contributed by atoms with Crippen LogP contribution in [0.3, 0.4) is 0 Å². The number of rotatable bonds is 2. The zero-order chi connectivity index (χ0) is 17.7. The summed E-state index contributed by atoms with van der Waals surface area (Å²) in [5, 5.41) is 0.232. The smallest absolute Gasteiger partial charge is 0.264 e. The Morgan fingerprint density at radius 2 is 2.04 bits per heavy atom. The van der Waals surface area contributed by atoms with Crippen LogP contribution in [0, 0.1) is 6.92 Å². The lowest BCUT2D eigenvalue weighted by atomic mass is 9.94. The van der Waals surface area contributed by atoms with Crippen molar-refractivity contribution in [2.45, 2.75) is 35.5 Å². The van der Waals surface area contributed by atoms with Gasteiger partial charge in [-0.1, -0.05) is 12.1 Å². The van der Waals surface area contributed by atoms with Crippen molar-refractivity contribution in [2.75, 3.05) is 11.5 Å². The number of furan rings is 1. The Bertz CT molecular complexity index is 968. The quantitative estimate of drug-likeness (QED) is 0.514. The number of hydrogen-bond acceptors (Lipinski definition) is 7. The van der Waals surface area contributed by atoms with Crippen LogP contribution >= 0.6 is 35.3 Å². The molecule has 134 valence electrons. The molecule has 7 heteroatoms. The fourth-order valence-electron chi connectivity index (χ4n) is 3.81. The van der Waals surface area contributed by atoms with Gasteiger partial charge in [-0.05, 0) is 31.9 Å². The van der Waals surface area contributed by atoms with Crippen molar-refractivity contribution in [2.24, 2.45) is 0 Å². The number of aromatic nitrogens is 1. The minimum Gasteiger partial charge on any atom is -0.456 e. The number of aryl methyl sites for hydroxylation is 1. The summed E-state index contributed by atoms with van der Waals surface area (Å²) in [6.07, 6.45) is 3.19. The lowest BCUT2D eigenvalue weighted by molar-refractivity contribution is 0.106. The Morgan fingerprint density at radius 3 is 2.85 bits per heavy atom. The third-order valence-electron chi connectivity index (χ3n) is 4.90. The van der Waals surface area contributed by atoms with Gasteiger partial charge >= 0.3 is 0 Å². The maximum atomic E-state index is 12.9. The number of benzene rings is 1. The molecule has 0 unspecified atom stereocenters. The first-order valence-electron chi connectivity index (χ1n) is 8.65. The molecule has 0 saturated carbocycles. The molecule has 3 aromatic rings. The number of nitrogens with zero attached hydrogens (tertiary/aromatic N) is 1. The predicted octanol–water partition coefficient (Wildman–Crippen LogP) is 5.63. The monoisotopic (exact) mass is 403 g/mol. The molecule has 0 bridgehead atoms. The van der Waals surface area contributed by atoms with Gasteiger partial charge in [0.05, 0.1) is 4.08 Å². The number of carbonyl (C=O) groups is 1. The number of carbonyl (C=O) groups excluding carboxylic acids is 1. The van der Waals surface area contributed by atoms with Crippen LogP contribution in [0.1, 0.15) is 40.3 Å². The predicted molar refractivity (Wildman–Crippen MR) is 107 cm³/mol. The van der Waals surface area contributed by atoms with Crippen LogP contribution in [0.25, 0.3) is 11.1 Å². The first kappa shape index (κ1) is 16.8. The van der Waals surface area contributed by atoms with Crippen LogP contribution in [0.5, 0.6) is 0 Å². The molecule has 2 aliphatic rings. The highest BCUT2D eigenvalue weighted by atomic mass is 32.2. The summed E-state index contributed by atoms with van der Waals surface area (Å²) in [6, 6.07) is 7.53. The van der Waals surface area contributed by atoms with Gasteiger partial charge in [-0.25, -0.2) is 4.98 Å². The second kappa shape index (κ2) is 6.39. The molecule has 1 saturated heterocycles. The van der Waals surface area contributed by atoms with Crippen LogP contribution in [-0.4, -0.2) is 21.6 Å². The van der Waals surface area contributed by atoms with Crippen molar-refractivity contribution in [3.63, 3.8) is 0 Å². The molecule has 1 aromatic carbocycles. The summed E-state index contributed by atoms with van der Waals surface area (Å²) in [5.41, 5.74) is 3.71. The van der Waals surface area contributed by atoms with E-state index in [1.165, 1.54) is 5.56 Å². The fraction of sp³-hybridized carbons (Fsp3) is 0.368. The number of thioether (sulfide) groups is 3. The summed E-state index contributed by atoms with van der Waals surface area (Å²) < 4.78 is 11.8. The highest BCUT2D eigenvalue weighted by Crippen LogP contribution is 2.59. The maximum absolute atomic E-state index is 12.9. The lowest BCUT2D eigenvalue weighted by Crippen LogP contribution is -2.21. The van der Waals surface area contributed by atoms with Crippen molar-refractivity contribution in [1.29, 1.82) is 0 Å². The molecule has 0 N–H and O–H groups in total. The second-order valence-electron chi connectivity index (χ2n) is 6.49. The van der Waals surface area contributed by atoms with Gasteiger partial charge in [0.1, 0.15) is 11.3 Å². The Hall–Kier alpha value is -1.31. The molecular weight excluding hydrogens is 386 g/mol. The van der Waals surface area contributed by atoms with Gasteiger partial charge in [-0.3, -0.25) is 4.79 Å². The minimum absolute atomic E-state index is 0.0853. The molecule has 4 nitrogen and oxygen atoms in total. The number of para-hydroxylation sites is 2. The van der Waals surface area contributed by atoms with E-state index in [4.69, 9.17) is 8.83 Å². The van der Waals surface area contributed by atoms with E-state index in [1.807, 2.05) is 54.7 Å². The molecule has 1 spiro atoms. The Morgan fingerprint density at radius 1 is 1.23 bits per heavy atom. The summed E-state index contributed by atoms with van der Waals surface area (Å²) in [7, 11) is 0. The maximum Gasteiger partial charge on any atom is 0.264 e. The van der Waals surface area contributed by atoms with Crippen molar-refractivity contribution in [3.05, 3.63) is 46.9 Å². The Labute approximate surface area is 163 Å². The van der Waals surface area contributed by atoms with Gasteiger partial charge < -0.3 is 8.83 Å². The molecule has 5 rings (SSSR count). The summed E-state index contributed by atoms with van der Waals surface area (Å²) >= 11 is 5.02. The van der Waals surface area contributed by atoms with E-state index >= 15 is 0 Å². The summed E-state index contributed by atoms with van der Waals surface area (Å²) in [6.45, 7) is 2.02. The molecule has 26 heavy (non-hydrogen) atoms. The number of oxazole rings is 1. The number of fused-ring (bicyclic) bond motifs is 3. The SMILES string of the molecule is Cc1c(C(=O)Sc2nc3ccccc3o2)oc2c1C1(CCC2)SCCS1. The molecule has 0 atom stereocenters. The van der Waals surface area contributed by atoms with E-state index in [0.29, 0.717) is 16.6 Å².